The van der Waals surface area contributed by atoms with E-state index in [2.05, 4.69) is 37.8 Å². The van der Waals surface area contributed by atoms with E-state index in [1.165, 1.54) is 0 Å². The van der Waals surface area contributed by atoms with Crippen LogP contribution in [0.2, 0.25) is 5.15 Å². The van der Waals surface area contributed by atoms with Crippen LogP contribution in [-0.2, 0) is 0 Å². The average molecular weight is 291 g/mol. The molecule has 0 radical (unpaired) electrons. The smallest absolute Gasteiger partial charge is 0.145 e. The van der Waals surface area contributed by atoms with Gasteiger partial charge in [0.1, 0.15) is 11.0 Å². The zero-order valence-electron chi connectivity index (χ0n) is 8.58. The number of aromatic nitrogens is 1. The van der Waals surface area contributed by atoms with E-state index >= 15 is 0 Å². The predicted molar refractivity (Wildman–Crippen MR) is 66.7 cm³/mol. The lowest BCUT2D eigenvalue weighted by atomic mass is 10.3. The normalized spacial score (nSPS) is 18.2. The highest BCUT2D eigenvalue weighted by atomic mass is 79.9. The fourth-order valence-corrected chi connectivity index (χ4v) is 1.99. The Morgan fingerprint density at radius 3 is 2.53 bits per heavy atom. The molecule has 1 aromatic rings. The van der Waals surface area contributed by atoms with Crippen LogP contribution < -0.4 is 4.90 Å². The second-order valence-electron chi connectivity index (χ2n) is 3.73. The van der Waals surface area contributed by atoms with E-state index in [1.54, 1.807) is 0 Å². The molecule has 3 nitrogen and oxygen atoms in total. The first kappa shape index (κ1) is 11.2. The van der Waals surface area contributed by atoms with E-state index in [0.717, 1.165) is 36.5 Å². The van der Waals surface area contributed by atoms with Crippen molar-refractivity contribution < 1.29 is 0 Å². The van der Waals surface area contributed by atoms with Crippen molar-refractivity contribution in [3.63, 3.8) is 0 Å². The number of rotatable bonds is 1. The standard InChI is InChI=1S/C10H13BrClN3/c1-14-4-6-15(7-5-14)9-3-2-8(11)10(12)13-9/h2-3H,4-7H2,1H3. The van der Waals surface area contributed by atoms with Crippen molar-refractivity contribution in [1.29, 1.82) is 0 Å². The summed E-state index contributed by atoms with van der Waals surface area (Å²) >= 11 is 9.31. The maximum absolute atomic E-state index is 5.97. The molecule has 0 aromatic carbocycles. The van der Waals surface area contributed by atoms with E-state index in [1.807, 2.05) is 12.1 Å². The third-order valence-electron chi connectivity index (χ3n) is 2.62. The maximum Gasteiger partial charge on any atom is 0.145 e. The topological polar surface area (TPSA) is 19.4 Å². The van der Waals surface area contributed by atoms with E-state index in [-0.39, 0.29) is 0 Å². The van der Waals surface area contributed by atoms with Crippen molar-refractivity contribution in [2.45, 2.75) is 0 Å². The number of pyridine rings is 1. The second kappa shape index (κ2) is 4.68. The van der Waals surface area contributed by atoms with Crippen molar-refractivity contribution >= 4 is 33.3 Å². The van der Waals surface area contributed by atoms with Gasteiger partial charge in [-0.1, -0.05) is 11.6 Å². The Kier molecular flexibility index (Phi) is 3.49. The molecule has 1 aromatic heterocycles. The van der Waals surface area contributed by atoms with Gasteiger partial charge in [0.25, 0.3) is 0 Å². The Morgan fingerprint density at radius 2 is 1.93 bits per heavy atom. The Hall–Kier alpha value is -0.320. The summed E-state index contributed by atoms with van der Waals surface area (Å²) in [5.74, 6) is 0.969. The predicted octanol–water partition coefficient (Wildman–Crippen LogP) is 2.25. The Morgan fingerprint density at radius 1 is 1.27 bits per heavy atom. The summed E-state index contributed by atoms with van der Waals surface area (Å²) < 4.78 is 0.849. The number of nitrogens with zero attached hydrogens (tertiary/aromatic N) is 3. The first-order valence-electron chi connectivity index (χ1n) is 4.92. The van der Waals surface area contributed by atoms with E-state index in [0.29, 0.717) is 5.15 Å². The molecule has 82 valence electrons. The molecule has 15 heavy (non-hydrogen) atoms. The van der Waals surface area contributed by atoms with Crippen LogP contribution in [-0.4, -0.2) is 43.1 Å². The molecule has 5 heteroatoms. The SMILES string of the molecule is CN1CCN(c2ccc(Br)c(Cl)n2)CC1. The Bertz CT molecular complexity index is 351. The maximum atomic E-state index is 5.97. The van der Waals surface area contributed by atoms with Crippen LogP contribution in [0.5, 0.6) is 0 Å². The van der Waals surface area contributed by atoms with E-state index < -0.39 is 0 Å². The molecule has 1 aliphatic rings. The zero-order chi connectivity index (χ0) is 10.8. The molecular formula is C10H13BrClN3. The monoisotopic (exact) mass is 289 g/mol. The lowest BCUT2D eigenvalue weighted by Gasteiger charge is -2.33. The van der Waals surface area contributed by atoms with Crippen molar-refractivity contribution in [2.75, 3.05) is 38.1 Å². The Balaban J connectivity index is 2.12. The zero-order valence-corrected chi connectivity index (χ0v) is 10.9. The molecule has 0 N–H and O–H groups in total. The second-order valence-corrected chi connectivity index (χ2v) is 4.94. The van der Waals surface area contributed by atoms with Gasteiger partial charge in [0.15, 0.2) is 0 Å². The molecular weight excluding hydrogens is 277 g/mol. The third-order valence-corrected chi connectivity index (χ3v) is 3.77. The number of likely N-dealkylation sites (N-methyl/N-ethyl adjacent to an activating group) is 1. The fraction of sp³-hybridized carbons (Fsp3) is 0.500. The van der Waals surface area contributed by atoms with Gasteiger partial charge in [-0.25, -0.2) is 4.98 Å². The number of hydrogen-bond acceptors (Lipinski definition) is 3. The molecule has 0 spiro atoms. The van der Waals surface area contributed by atoms with Crippen LogP contribution in [0.4, 0.5) is 5.82 Å². The first-order chi connectivity index (χ1) is 7.16. The molecule has 2 heterocycles. The number of halogens is 2. The number of hydrogen-bond donors (Lipinski definition) is 0. The van der Waals surface area contributed by atoms with Crippen molar-refractivity contribution in [3.05, 3.63) is 21.8 Å². The summed E-state index contributed by atoms with van der Waals surface area (Å²) in [6, 6.07) is 3.95. The molecule has 0 bridgehead atoms. The number of piperazine rings is 1. The highest BCUT2D eigenvalue weighted by Crippen LogP contribution is 2.24. The van der Waals surface area contributed by atoms with Crippen molar-refractivity contribution in [3.8, 4) is 0 Å². The molecule has 1 saturated heterocycles. The molecule has 0 amide bonds. The third kappa shape index (κ3) is 2.62. The molecule has 2 rings (SSSR count). The van der Waals surface area contributed by atoms with E-state index in [4.69, 9.17) is 11.6 Å². The molecule has 0 unspecified atom stereocenters. The van der Waals surface area contributed by atoms with Crippen LogP contribution in [0.3, 0.4) is 0 Å². The summed E-state index contributed by atoms with van der Waals surface area (Å²) in [6.07, 6.45) is 0. The number of anilines is 1. The molecule has 1 fully saturated rings. The summed E-state index contributed by atoms with van der Waals surface area (Å²) in [5.41, 5.74) is 0. The summed E-state index contributed by atoms with van der Waals surface area (Å²) in [7, 11) is 2.14. The lowest BCUT2D eigenvalue weighted by molar-refractivity contribution is 0.312. The minimum absolute atomic E-state index is 0.534. The van der Waals surface area contributed by atoms with Gasteiger partial charge in [0.2, 0.25) is 0 Å². The van der Waals surface area contributed by atoms with Crippen molar-refractivity contribution in [2.24, 2.45) is 0 Å². The quantitative estimate of drug-likeness (QED) is 0.740. The van der Waals surface area contributed by atoms with Gasteiger partial charge in [-0.2, -0.15) is 0 Å². The summed E-state index contributed by atoms with van der Waals surface area (Å²) in [4.78, 5) is 8.93. The van der Waals surface area contributed by atoms with Gasteiger partial charge in [-0.15, -0.1) is 0 Å². The fourth-order valence-electron chi connectivity index (χ4n) is 1.62. The van der Waals surface area contributed by atoms with Gasteiger partial charge in [-0.3, -0.25) is 0 Å². The first-order valence-corrected chi connectivity index (χ1v) is 6.09. The van der Waals surface area contributed by atoms with Crippen LogP contribution in [0.25, 0.3) is 0 Å². The molecule has 0 saturated carbocycles. The average Bonchev–Trinajstić information content (AvgIpc) is 2.23. The summed E-state index contributed by atoms with van der Waals surface area (Å²) in [5, 5.41) is 0.534. The van der Waals surface area contributed by atoms with Gasteiger partial charge in [-0.05, 0) is 35.1 Å². The molecule has 1 aliphatic heterocycles. The van der Waals surface area contributed by atoms with Crippen molar-refractivity contribution in [1.82, 2.24) is 9.88 Å². The minimum atomic E-state index is 0.534. The minimum Gasteiger partial charge on any atom is -0.354 e. The lowest BCUT2D eigenvalue weighted by Crippen LogP contribution is -2.44. The van der Waals surface area contributed by atoms with Gasteiger partial charge < -0.3 is 9.80 Å². The molecule has 0 atom stereocenters. The Labute approximate surface area is 103 Å². The summed E-state index contributed by atoms with van der Waals surface area (Å²) in [6.45, 7) is 4.19. The van der Waals surface area contributed by atoms with Crippen LogP contribution in [0.1, 0.15) is 0 Å². The van der Waals surface area contributed by atoms with E-state index in [9.17, 15) is 0 Å². The largest absolute Gasteiger partial charge is 0.354 e. The van der Waals surface area contributed by atoms with Crippen LogP contribution in [0, 0.1) is 0 Å². The van der Waals surface area contributed by atoms with Crippen LogP contribution in [0.15, 0.2) is 16.6 Å². The highest BCUT2D eigenvalue weighted by molar-refractivity contribution is 9.10. The molecule has 0 aliphatic carbocycles. The van der Waals surface area contributed by atoms with Crippen LogP contribution >= 0.6 is 27.5 Å². The van der Waals surface area contributed by atoms with Gasteiger partial charge in [0.05, 0.1) is 4.47 Å². The van der Waals surface area contributed by atoms with Gasteiger partial charge in [0, 0.05) is 26.2 Å². The highest BCUT2D eigenvalue weighted by Gasteiger charge is 2.15. The van der Waals surface area contributed by atoms with Gasteiger partial charge >= 0.3 is 0 Å².